The molecule has 32 heavy (non-hydrogen) atoms. The SMILES string of the molecule is CCCCCn1/c(=N/C(=O)c2cc(C#N)ccc2OCC(C)(C)O)cc(C(C)(C)C)n1C. The lowest BCUT2D eigenvalue weighted by Crippen LogP contribution is -2.28. The summed E-state index contributed by atoms with van der Waals surface area (Å²) in [4.78, 5) is 17.7. The van der Waals surface area contributed by atoms with Crippen LogP contribution < -0.4 is 10.2 Å². The highest BCUT2D eigenvalue weighted by atomic mass is 16.5. The van der Waals surface area contributed by atoms with Crippen LogP contribution in [0.25, 0.3) is 0 Å². The third kappa shape index (κ3) is 6.57. The fraction of sp³-hybridized carbons (Fsp3) is 0.560. The van der Waals surface area contributed by atoms with Crippen molar-refractivity contribution >= 4 is 5.91 Å². The van der Waals surface area contributed by atoms with Crippen molar-refractivity contribution in [2.24, 2.45) is 12.0 Å². The summed E-state index contributed by atoms with van der Waals surface area (Å²) in [5, 5.41) is 19.3. The molecule has 1 N–H and O–H groups in total. The Morgan fingerprint density at radius 3 is 2.44 bits per heavy atom. The first-order chi connectivity index (χ1) is 14.9. The number of unbranched alkanes of at least 4 members (excludes halogenated alkanes) is 2. The Morgan fingerprint density at radius 2 is 1.88 bits per heavy atom. The number of aliphatic hydroxyl groups is 1. The van der Waals surface area contributed by atoms with E-state index in [2.05, 4.69) is 43.4 Å². The number of amides is 1. The van der Waals surface area contributed by atoms with E-state index in [0.717, 1.165) is 31.5 Å². The first-order valence-electron chi connectivity index (χ1n) is 11.1. The molecule has 0 atom stereocenters. The van der Waals surface area contributed by atoms with Gasteiger partial charge in [0.05, 0.1) is 22.8 Å². The van der Waals surface area contributed by atoms with Gasteiger partial charge in [0, 0.05) is 30.8 Å². The Bertz CT molecular complexity index is 1060. The molecule has 174 valence electrons. The molecule has 0 fully saturated rings. The molecule has 1 aromatic heterocycles. The van der Waals surface area contributed by atoms with Gasteiger partial charge >= 0.3 is 0 Å². The number of hydrogen-bond acceptors (Lipinski definition) is 4. The summed E-state index contributed by atoms with van der Waals surface area (Å²) in [7, 11) is 1.99. The van der Waals surface area contributed by atoms with Crippen LogP contribution in [0.5, 0.6) is 5.75 Å². The third-order valence-corrected chi connectivity index (χ3v) is 5.12. The van der Waals surface area contributed by atoms with E-state index in [0.29, 0.717) is 16.8 Å². The molecule has 0 aliphatic heterocycles. The summed E-state index contributed by atoms with van der Waals surface area (Å²) >= 11 is 0. The van der Waals surface area contributed by atoms with Crippen molar-refractivity contribution in [3.63, 3.8) is 0 Å². The molecule has 7 heteroatoms. The number of nitriles is 1. The lowest BCUT2D eigenvalue weighted by molar-refractivity contribution is 0.0281. The van der Waals surface area contributed by atoms with E-state index < -0.39 is 11.5 Å². The number of carbonyl (C=O) groups excluding carboxylic acids is 1. The van der Waals surface area contributed by atoms with Crippen LogP contribution in [0.3, 0.4) is 0 Å². The molecular weight excluding hydrogens is 404 g/mol. The Kier molecular flexibility index (Phi) is 8.08. The Balaban J connectivity index is 2.56. The molecule has 0 saturated carbocycles. The summed E-state index contributed by atoms with van der Waals surface area (Å²) in [6.45, 7) is 12.6. The first kappa shape index (κ1) is 25.4. The largest absolute Gasteiger partial charge is 0.490 e. The van der Waals surface area contributed by atoms with Crippen molar-refractivity contribution in [1.29, 1.82) is 5.26 Å². The number of carbonyl (C=O) groups is 1. The van der Waals surface area contributed by atoms with Crippen LogP contribution >= 0.6 is 0 Å². The minimum Gasteiger partial charge on any atom is -0.490 e. The van der Waals surface area contributed by atoms with Gasteiger partial charge < -0.3 is 9.84 Å². The predicted octanol–water partition coefficient (Wildman–Crippen LogP) is 4.08. The molecule has 7 nitrogen and oxygen atoms in total. The smallest absolute Gasteiger partial charge is 0.282 e. The minimum atomic E-state index is -1.06. The molecule has 0 radical (unpaired) electrons. The number of aromatic nitrogens is 2. The fourth-order valence-electron chi connectivity index (χ4n) is 3.45. The number of rotatable bonds is 8. The van der Waals surface area contributed by atoms with Crippen LogP contribution in [-0.4, -0.2) is 32.6 Å². The number of benzene rings is 1. The molecule has 2 rings (SSSR count). The molecule has 2 aromatic rings. The second-order valence-electron chi connectivity index (χ2n) is 9.83. The monoisotopic (exact) mass is 440 g/mol. The van der Waals surface area contributed by atoms with Crippen molar-refractivity contribution < 1.29 is 14.6 Å². The van der Waals surface area contributed by atoms with Gasteiger partial charge in [0.15, 0.2) is 5.49 Å². The molecule has 1 amide bonds. The van der Waals surface area contributed by atoms with Gasteiger partial charge in [0.1, 0.15) is 12.4 Å². The summed E-state index contributed by atoms with van der Waals surface area (Å²) in [6.07, 6.45) is 3.18. The van der Waals surface area contributed by atoms with Crippen LogP contribution in [0, 0.1) is 11.3 Å². The van der Waals surface area contributed by atoms with Crippen LogP contribution in [-0.2, 0) is 19.0 Å². The quantitative estimate of drug-likeness (QED) is 0.626. The van der Waals surface area contributed by atoms with E-state index in [1.807, 2.05) is 17.8 Å². The third-order valence-electron chi connectivity index (χ3n) is 5.12. The average Bonchev–Trinajstić information content (AvgIpc) is 3.01. The number of ether oxygens (including phenoxy) is 1. The average molecular weight is 441 g/mol. The molecule has 0 saturated heterocycles. The van der Waals surface area contributed by atoms with Crippen molar-refractivity contribution in [2.45, 2.75) is 78.4 Å². The van der Waals surface area contributed by atoms with Gasteiger partial charge in [-0.3, -0.25) is 14.2 Å². The van der Waals surface area contributed by atoms with Gasteiger partial charge in [0.25, 0.3) is 5.91 Å². The standard InChI is InChI=1S/C25H36N4O3/c1-8-9-10-13-29-22(15-21(28(29)7)24(2,3)4)27-23(30)19-14-18(16-26)11-12-20(19)32-17-25(5,6)31/h11-12,14-15,31H,8-10,13,17H2,1-7H3/b27-22+. The topological polar surface area (TPSA) is 92.5 Å². The highest BCUT2D eigenvalue weighted by Crippen LogP contribution is 2.23. The molecule has 0 aliphatic carbocycles. The highest BCUT2D eigenvalue weighted by molar-refractivity contribution is 5.98. The second-order valence-corrected chi connectivity index (χ2v) is 9.83. The molecule has 1 aromatic carbocycles. The van der Waals surface area contributed by atoms with Gasteiger partial charge in [-0.15, -0.1) is 0 Å². The normalized spacial score (nSPS) is 12.7. The van der Waals surface area contributed by atoms with E-state index in [4.69, 9.17) is 4.74 Å². The Hall–Kier alpha value is -2.85. The van der Waals surface area contributed by atoms with Gasteiger partial charge in [-0.05, 0) is 38.5 Å². The Labute approximate surface area is 191 Å². The number of nitrogens with zero attached hydrogens (tertiary/aromatic N) is 4. The van der Waals surface area contributed by atoms with Crippen molar-refractivity contribution in [1.82, 2.24) is 9.36 Å². The van der Waals surface area contributed by atoms with Crippen molar-refractivity contribution in [3.05, 3.63) is 46.6 Å². The van der Waals surface area contributed by atoms with E-state index in [1.165, 1.54) is 6.07 Å². The highest BCUT2D eigenvalue weighted by Gasteiger charge is 2.22. The van der Waals surface area contributed by atoms with Crippen LogP contribution in [0.4, 0.5) is 0 Å². The maximum absolute atomic E-state index is 13.2. The lowest BCUT2D eigenvalue weighted by atomic mass is 9.92. The molecule has 0 spiro atoms. The van der Waals surface area contributed by atoms with E-state index in [1.54, 1.807) is 26.0 Å². The summed E-state index contributed by atoms with van der Waals surface area (Å²) in [5.74, 6) is -0.187. The van der Waals surface area contributed by atoms with Crippen LogP contribution in [0.15, 0.2) is 29.3 Å². The molecule has 0 unspecified atom stereocenters. The molecular formula is C25H36N4O3. The second kappa shape index (κ2) is 10.2. The van der Waals surface area contributed by atoms with Gasteiger partial charge in [-0.25, -0.2) is 0 Å². The zero-order valence-corrected chi connectivity index (χ0v) is 20.4. The Morgan fingerprint density at radius 1 is 1.19 bits per heavy atom. The van der Waals surface area contributed by atoms with Crippen LogP contribution in [0.2, 0.25) is 0 Å². The molecule has 1 heterocycles. The predicted molar refractivity (Wildman–Crippen MR) is 124 cm³/mol. The van der Waals surface area contributed by atoms with E-state index in [-0.39, 0.29) is 17.6 Å². The zero-order valence-electron chi connectivity index (χ0n) is 20.4. The van der Waals surface area contributed by atoms with Gasteiger partial charge in [-0.1, -0.05) is 40.5 Å². The summed E-state index contributed by atoms with van der Waals surface area (Å²) < 4.78 is 9.80. The summed E-state index contributed by atoms with van der Waals surface area (Å²) in [5.41, 5.74) is 1.03. The van der Waals surface area contributed by atoms with E-state index >= 15 is 0 Å². The van der Waals surface area contributed by atoms with Gasteiger partial charge in [-0.2, -0.15) is 10.3 Å². The first-order valence-corrected chi connectivity index (χ1v) is 11.1. The molecule has 0 aliphatic rings. The maximum atomic E-state index is 13.2. The van der Waals surface area contributed by atoms with Crippen molar-refractivity contribution in [2.75, 3.05) is 6.61 Å². The van der Waals surface area contributed by atoms with E-state index in [9.17, 15) is 15.2 Å². The number of hydrogen-bond donors (Lipinski definition) is 1. The fourth-order valence-corrected chi connectivity index (χ4v) is 3.45. The summed E-state index contributed by atoms with van der Waals surface area (Å²) in [6, 6.07) is 8.66. The maximum Gasteiger partial charge on any atom is 0.282 e. The van der Waals surface area contributed by atoms with Crippen LogP contribution in [0.1, 0.15) is 82.4 Å². The zero-order chi connectivity index (χ0) is 24.1. The van der Waals surface area contributed by atoms with Gasteiger partial charge in [0.2, 0.25) is 0 Å². The minimum absolute atomic E-state index is 0.00963. The van der Waals surface area contributed by atoms with Crippen molar-refractivity contribution in [3.8, 4) is 11.8 Å². The lowest BCUT2D eigenvalue weighted by Gasteiger charge is -2.20. The molecule has 0 bridgehead atoms.